The largest absolute Gasteiger partial charge is 0.354 e. The van der Waals surface area contributed by atoms with Crippen molar-refractivity contribution in [2.24, 2.45) is 10.2 Å². The molecule has 1 aliphatic carbocycles. The lowest BCUT2D eigenvalue weighted by molar-refractivity contribution is -0.125. The van der Waals surface area contributed by atoms with Crippen LogP contribution in [-0.2, 0) is 9.59 Å². The molecule has 2 rings (SSSR count). The first kappa shape index (κ1) is 15.0. The van der Waals surface area contributed by atoms with Crippen molar-refractivity contribution < 1.29 is 9.59 Å². The van der Waals surface area contributed by atoms with Crippen LogP contribution in [0.4, 0.5) is 0 Å². The Morgan fingerprint density at radius 1 is 1.40 bits per heavy atom. The van der Waals surface area contributed by atoms with Gasteiger partial charge in [0.25, 0.3) is 0 Å². The van der Waals surface area contributed by atoms with Crippen LogP contribution < -0.4 is 10.6 Å². The predicted molar refractivity (Wildman–Crippen MR) is 80.8 cm³/mol. The third-order valence-corrected chi connectivity index (χ3v) is 4.13. The van der Waals surface area contributed by atoms with Crippen molar-refractivity contribution >= 4 is 34.5 Å². The Hall–Kier alpha value is -1.37. The number of hydrogen-bond donors (Lipinski definition) is 2. The van der Waals surface area contributed by atoms with Gasteiger partial charge in [0.15, 0.2) is 5.17 Å². The molecule has 0 aromatic heterocycles. The zero-order chi connectivity index (χ0) is 14.5. The van der Waals surface area contributed by atoms with Crippen LogP contribution in [0.5, 0.6) is 0 Å². The van der Waals surface area contributed by atoms with Gasteiger partial charge >= 0.3 is 0 Å². The fourth-order valence-electron chi connectivity index (χ4n) is 2.14. The van der Waals surface area contributed by atoms with Crippen molar-refractivity contribution in [3.05, 3.63) is 0 Å². The zero-order valence-electron chi connectivity index (χ0n) is 11.8. The summed E-state index contributed by atoms with van der Waals surface area (Å²) in [6.45, 7) is 3.79. The SMILES string of the molecule is CC(C)NC(=O)CC1S/C(=N\N=C2CCCC2)NC1=O. The number of rotatable bonds is 4. The Bertz CT molecular complexity index is 451. The third-order valence-electron chi connectivity index (χ3n) is 3.06. The number of carbonyl (C=O) groups excluding carboxylic acids is 2. The maximum atomic E-state index is 11.8. The third kappa shape index (κ3) is 4.33. The standard InChI is InChI=1S/C13H20N4O2S/c1-8(2)14-11(18)7-10-12(19)15-13(20-10)17-16-9-5-3-4-6-9/h8,10H,3-7H2,1-2H3,(H,14,18)(H,15,17,19). The monoisotopic (exact) mass is 296 g/mol. The first-order valence-corrected chi connectivity index (χ1v) is 7.83. The van der Waals surface area contributed by atoms with E-state index >= 15 is 0 Å². The highest BCUT2D eigenvalue weighted by Gasteiger charge is 2.32. The number of thioether (sulfide) groups is 1. The van der Waals surface area contributed by atoms with E-state index in [0.717, 1.165) is 18.6 Å². The fraction of sp³-hybridized carbons (Fsp3) is 0.692. The van der Waals surface area contributed by atoms with Crippen LogP contribution in [-0.4, -0.2) is 34.0 Å². The molecular weight excluding hydrogens is 276 g/mol. The van der Waals surface area contributed by atoms with E-state index in [-0.39, 0.29) is 24.3 Å². The molecule has 0 radical (unpaired) electrons. The molecular formula is C13H20N4O2S. The summed E-state index contributed by atoms with van der Waals surface area (Å²) in [6.07, 6.45) is 4.50. The summed E-state index contributed by atoms with van der Waals surface area (Å²) < 4.78 is 0. The lowest BCUT2D eigenvalue weighted by Crippen LogP contribution is -2.34. The number of amides is 2. The van der Waals surface area contributed by atoms with Gasteiger partial charge in [-0.15, -0.1) is 5.10 Å². The normalized spacial score (nSPS) is 24.4. The van der Waals surface area contributed by atoms with Crippen molar-refractivity contribution in [2.75, 3.05) is 0 Å². The molecule has 20 heavy (non-hydrogen) atoms. The van der Waals surface area contributed by atoms with Crippen LogP contribution in [0.2, 0.25) is 0 Å². The zero-order valence-corrected chi connectivity index (χ0v) is 12.6. The van der Waals surface area contributed by atoms with Gasteiger partial charge in [-0.25, -0.2) is 0 Å². The van der Waals surface area contributed by atoms with Crippen molar-refractivity contribution in [3.8, 4) is 0 Å². The van der Waals surface area contributed by atoms with Crippen LogP contribution >= 0.6 is 11.8 Å². The smallest absolute Gasteiger partial charge is 0.240 e. The minimum atomic E-state index is -0.406. The van der Waals surface area contributed by atoms with Gasteiger partial charge in [0.2, 0.25) is 11.8 Å². The summed E-state index contributed by atoms with van der Waals surface area (Å²) in [5.74, 6) is -0.282. The van der Waals surface area contributed by atoms with Crippen LogP contribution in [0.15, 0.2) is 10.2 Å². The molecule has 7 heteroatoms. The van der Waals surface area contributed by atoms with Gasteiger partial charge in [-0.1, -0.05) is 11.8 Å². The van der Waals surface area contributed by atoms with E-state index in [0.29, 0.717) is 5.17 Å². The average molecular weight is 296 g/mol. The Balaban J connectivity index is 1.88. The van der Waals surface area contributed by atoms with Crippen molar-refractivity contribution in [2.45, 2.75) is 57.2 Å². The highest BCUT2D eigenvalue weighted by Crippen LogP contribution is 2.23. The second-order valence-electron chi connectivity index (χ2n) is 5.30. The van der Waals surface area contributed by atoms with Crippen molar-refractivity contribution in [1.82, 2.24) is 10.6 Å². The first-order chi connectivity index (χ1) is 9.54. The molecule has 1 heterocycles. The van der Waals surface area contributed by atoms with E-state index < -0.39 is 5.25 Å². The Morgan fingerprint density at radius 2 is 2.10 bits per heavy atom. The fourth-order valence-corrected chi connectivity index (χ4v) is 3.05. The number of amidine groups is 1. The molecule has 2 N–H and O–H groups in total. The highest BCUT2D eigenvalue weighted by atomic mass is 32.2. The molecule has 0 aromatic carbocycles. The summed E-state index contributed by atoms with van der Waals surface area (Å²) in [4.78, 5) is 23.4. The number of hydrogen-bond acceptors (Lipinski definition) is 5. The van der Waals surface area contributed by atoms with E-state index in [9.17, 15) is 9.59 Å². The molecule has 2 aliphatic rings. The lowest BCUT2D eigenvalue weighted by Gasteiger charge is -2.09. The summed E-state index contributed by atoms with van der Waals surface area (Å²) in [6, 6.07) is 0.0823. The van der Waals surface area contributed by atoms with Crippen molar-refractivity contribution in [3.63, 3.8) is 0 Å². The van der Waals surface area contributed by atoms with Gasteiger partial charge in [0.05, 0.1) is 0 Å². The maximum absolute atomic E-state index is 11.8. The summed E-state index contributed by atoms with van der Waals surface area (Å²) in [5.41, 5.74) is 1.09. The average Bonchev–Trinajstić information content (AvgIpc) is 2.96. The van der Waals surface area contributed by atoms with Gasteiger partial charge in [0, 0.05) is 18.2 Å². The predicted octanol–water partition coefficient (Wildman–Crippen LogP) is 1.42. The van der Waals surface area contributed by atoms with Gasteiger partial charge in [0.1, 0.15) is 5.25 Å². The topological polar surface area (TPSA) is 82.9 Å². The quantitative estimate of drug-likeness (QED) is 0.770. The van der Waals surface area contributed by atoms with Crippen LogP contribution in [0.1, 0.15) is 46.0 Å². The van der Waals surface area contributed by atoms with E-state index in [4.69, 9.17) is 0 Å². The summed E-state index contributed by atoms with van der Waals surface area (Å²) >= 11 is 1.28. The summed E-state index contributed by atoms with van der Waals surface area (Å²) in [7, 11) is 0. The number of nitrogens with one attached hydrogen (secondary N) is 2. The first-order valence-electron chi connectivity index (χ1n) is 6.95. The Kier molecular flexibility index (Phi) is 5.17. The second-order valence-corrected chi connectivity index (χ2v) is 6.49. The highest BCUT2D eigenvalue weighted by molar-refractivity contribution is 8.15. The van der Waals surface area contributed by atoms with Gasteiger partial charge in [-0.3, -0.25) is 9.59 Å². The molecule has 1 saturated carbocycles. The van der Waals surface area contributed by atoms with E-state index in [1.165, 1.54) is 24.6 Å². The van der Waals surface area contributed by atoms with E-state index in [1.807, 2.05) is 13.8 Å². The Labute approximate surface area is 122 Å². The molecule has 1 saturated heterocycles. The molecule has 6 nitrogen and oxygen atoms in total. The molecule has 1 unspecified atom stereocenters. The molecule has 110 valence electrons. The molecule has 0 aromatic rings. The van der Waals surface area contributed by atoms with E-state index in [1.54, 1.807) is 0 Å². The van der Waals surface area contributed by atoms with Gasteiger partial charge < -0.3 is 10.6 Å². The minimum absolute atomic E-state index is 0.0823. The molecule has 0 bridgehead atoms. The lowest BCUT2D eigenvalue weighted by atomic mass is 10.2. The minimum Gasteiger partial charge on any atom is -0.354 e. The molecule has 1 atom stereocenters. The molecule has 0 spiro atoms. The molecule has 2 amide bonds. The molecule has 2 fully saturated rings. The van der Waals surface area contributed by atoms with Crippen LogP contribution in [0, 0.1) is 0 Å². The summed E-state index contributed by atoms with van der Waals surface area (Å²) in [5, 5.41) is 13.8. The van der Waals surface area contributed by atoms with Gasteiger partial charge in [-0.2, -0.15) is 5.10 Å². The number of carbonyl (C=O) groups is 2. The second kappa shape index (κ2) is 6.88. The van der Waals surface area contributed by atoms with Crippen LogP contribution in [0.3, 0.4) is 0 Å². The molecule has 1 aliphatic heterocycles. The van der Waals surface area contributed by atoms with Crippen LogP contribution in [0.25, 0.3) is 0 Å². The Morgan fingerprint density at radius 3 is 2.75 bits per heavy atom. The van der Waals surface area contributed by atoms with Crippen molar-refractivity contribution in [1.29, 1.82) is 0 Å². The van der Waals surface area contributed by atoms with Gasteiger partial charge in [-0.05, 0) is 39.5 Å². The maximum Gasteiger partial charge on any atom is 0.240 e. The number of nitrogens with zero attached hydrogens (tertiary/aromatic N) is 2. The van der Waals surface area contributed by atoms with E-state index in [2.05, 4.69) is 20.8 Å².